The van der Waals surface area contributed by atoms with E-state index in [2.05, 4.69) is 47.6 Å². The number of benzene rings is 1. The monoisotopic (exact) mass is 266 g/mol. The fraction of sp³-hybridized carbons (Fsp3) is 0.235. The van der Waals surface area contributed by atoms with Crippen LogP contribution in [0.4, 0.5) is 0 Å². The van der Waals surface area contributed by atoms with E-state index in [1.807, 2.05) is 25.5 Å². The lowest BCUT2D eigenvalue weighted by atomic mass is 9.98. The normalized spacial score (nSPS) is 12.7. The molecule has 0 aliphatic rings. The van der Waals surface area contributed by atoms with Crippen LogP contribution in [0.15, 0.2) is 53.2 Å². The van der Waals surface area contributed by atoms with Crippen molar-refractivity contribution in [2.45, 2.75) is 19.4 Å². The minimum absolute atomic E-state index is 0.0569. The molecule has 0 aliphatic carbocycles. The van der Waals surface area contributed by atoms with Gasteiger partial charge in [-0.25, -0.2) is 0 Å². The summed E-state index contributed by atoms with van der Waals surface area (Å²) in [6.07, 6.45) is 4.64. The number of nitrogens with zero attached hydrogens (tertiary/aromatic N) is 1. The summed E-state index contributed by atoms with van der Waals surface area (Å²) in [5.74, 6) is 1.97. The summed E-state index contributed by atoms with van der Waals surface area (Å²) in [6, 6.07) is 12.5. The molecule has 0 spiro atoms. The first-order chi connectivity index (χ1) is 9.83. The molecule has 20 heavy (non-hydrogen) atoms. The maximum atomic E-state index is 5.91. The average Bonchev–Trinajstić information content (AvgIpc) is 2.97. The molecule has 0 fully saturated rings. The van der Waals surface area contributed by atoms with Gasteiger partial charge in [-0.1, -0.05) is 25.1 Å². The number of aryl methyl sites for hydroxylation is 1. The molecule has 3 heteroatoms. The molecule has 0 saturated carbocycles. The van der Waals surface area contributed by atoms with Gasteiger partial charge in [0.15, 0.2) is 0 Å². The molecule has 0 aliphatic heterocycles. The Morgan fingerprint density at radius 1 is 1.20 bits per heavy atom. The molecule has 1 atom stereocenters. The Labute approximate surface area is 118 Å². The quantitative estimate of drug-likeness (QED) is 0.782. The standard InChI is InChI=1S/C17H18N2O/c1-3-13-7-8-16(20-13)17(18-2)15-6-4-5-12-11-19-10-9-14(12)15/h4-11,17-18H,3H2,1-2H3. The highest BCUT2D eigenvalue weighted by atomic mass is 16.3. The van der Waals surface area contributed by atoms with Gasteiger partial charge in [0, 0.05) is 24.2 Å². The zero-order chi connectivity index (χ0) is 13.9. The highest BCUT2D eigenvalue weighted by molar-refractivity contribution is 5.85. The lowest BCUT2D eigenvalue weighted by Gasteiger charge is -2.16. The second-order valence-corrected chi connectivity index (χ2v) is 4.82. The molecule has 3 nitrogen and oxygen atoms in total. The van der Waals surface area contributed by atoms with Gasteiger partial charge in [0.2, 0.25) is 0 Å². The van der Waals surface area contributed by atoms with Gasteiger partial charge in [-0.3, -0.25) is 4.98 Å². The maximum absolute atomic E-state index is 5.91. The van der Waals surface area contributed by atoms with Crippen molar-refractivity contribution in [2.75, 3.05) is 7.05 Å². The van der Waals surface area contributed by atoms with Crippen LogP contribution in [0.2, 0.25) is 0 Å². The summed E-state index contributed by atoms with van der Waals surface area (Å²) in [5, 5.41) is 5.70. The van der Waals surface area contributed by atoms with Gasteiger partial charge in [-0.2, -0.15) is 0 Å². The number of nitrogens with one attached hydrogen (secondary N) is 1. The molecular formula is C17H18N2O. The minimum atomic E-state index is 0.0569. The summed E-state index contributed by atoms with van der Waals surface area (Å²) in [6.45, 7) is 2.10. The number of hydrogen-bond donors (Lipinski definition) is 1. The topological polar surface area (TPSA) is 38.1 Å². The predicted octanol–water partition coefficient (Wildman–Crippen LogP) is 3.70. The van der Waals surface area contributed by atoms with Gasteiger partial charge in [-0.15, -0.1) is 0 Å². The molecule has 3 aromatic rings. The van der Waals surface area contributed by atoms with Crippen molar-refractivity contribution in [1.82, 2.24) is 10.3 Å². The van der Waals surface area contributed by atoms with Gasteiger partial charge in [0.05, 0.1) is 6.04 Å². The molecule has 1 unspecified atom stereocenters. The Balaban J connectivity index is 2.11. The molecule has 3 rings (SSSR count). The smallest absolute Gasteiger partial charge is 0.125 e. The van der Waals surface area contributed by atoms with Crippen LogP contribution in [0.25, 0.3) is 10.8 Å². The summed E-state index contributed by atoms with van der Waals surface area (Å²) >= 11 is 0. The number of fused-ring (bicyclic) bond motifs is 1. The molecule has 0 radical (unpaired) electrons. The van der Waals surface area contributed by atoms with Crippen LogP contribution in [-0.4, -0.2) is 12.0 Å². The van der Waals surface area contributed by atoms with Crippen LogP contribution in [-0.2, 0) is 6.42 Å². The van der Waals surface area contributed by atoms with E-state index in [0.717, 1.165) is 23.3 Å². The highest BCUT2D eigenvalue weighted by Gasteiger charge is 2.18. The Morgan fingerprint density at radius 3 is 2.85 bits per heavy atom. The minimum Gasteiger partial charge on any atom is -0.464 e. The van der Waals surface area contributed by atoms with Crippen molar-refractivity contribution >= 4 is 10.8 Å². The van der Waals surface area contributed by atoms with E-state index in [1.54, 1.807) is 0 Å². The molecule has 1 aromatic carbocycles. The van der Waals surface area contributed by atoms with Crippen LogP contribution in [0.1, 0.15) is 30.0 Å². The summed E-state index contributed by atoms with van der Waals surface area (Å²) in [7, 11) is 1.96. The van der Waals surface area contributed by atoms with Crippen LogP contribution < -0.4 is 5.32 Å². The molecular weight excluding hydrogens is 248 g/mol. The third-order valence-electron chi connectivity index (χ3n) is 3.63. The van der Waals surface area contributed by atoms with Crippen molar-refractivity contribution in [3.05, 3.63) is 65.9 Å². The summed E-state index contributed by atoms with van der Waals surface area (Å²) < 4.78 is 5.91. The van der Waals surface area contributed by atoms with Crippen molar-refractivity contribution in [2.24, 2.45) is 0 Å². The third kappa shape index (κ3) is 2.21. The van der Waals surface area contributed by atoms with E-state index in [9.17, 15) is 0 Å². The van der Waals surface area contributed by atoms with Gasteiger partial charge >= 0.3 is 0 Å². The summed E-state index contributed by atoms with van der Waals surface area (Å²) in [5.41, 5.74) is 1.21. The number of rotatable bonds is 4. The first-order valence-electron chi connectivity index (χ1n) is 6.92. The molecule has 0 bridgehead atoms. The van der Waals surface area contributed by atoms with Crippen molar-refractivity contribution in [3.63, 3.8) is 0 Å². The largest absolute Gasteiger partial charge is 0.464 e. The fourth-order valence-corrected chi connectivity index (χ4v) is 2.59. The first-order valence-corrected chi connectivity index (χ1v) is 6.92. The maximum Gasteiger partial charge on any atom is 0.125 e. The van der Waals surface area contributed by atoms with E-state index >= 15 is 0 Å². The van der Waals surface area contributed by atoms with E-state index in [1.165, 1.54) is 10.9 Å². The lowest BCUT2D eigenvalue weighted by molar-refractivity contribution is 0.435. The molecule has 0 amide bonds. The lowest BCUT2D eigenvalue weighted by Crippen LogP contribution is -2.17. The highest BCUT2D eigenvalue weighted by Crippen LogP contribution is 2.29. The molecule has 1 N–H and O–H groups in total. The Kier molecular flexibility index (Phi) is 3.52. The van der Waals surface area contributed by atoms with Gasteiger partial charge in [0.1, 0.15) is 11.5 Å². The fourth-order valence-electron chi connectivity index (χ4n) is 2.59. The number of aromatic nitrogens is 1. The zero-order valence-corrected chi connectivity index (χ0v) is 11.8. The first kappa shape index (κ1) is 12.9. The molecule has 0 saturated heterocycles. The van der Waals surface area contributed by atoms with Crippen LogP contribution in [0, 0.1) is 0 Å². The second kappa shape index (κ2) is 5.47. The Bertz CT molecular complexity index is 712. The Morgan fingerprint density at radius 2 is 2.10 bits per heavy atom. The van der Waals surface area contributed by atoms with E-state index in [4.69, 9.17) is 4.42 Å². The molecule has 102 valence electrons. The molecule has 2 heterocycles. The third-order valence-corrected chi connectivity index (χ3v) is 3.63. The number of pyridine rings is 1. The SMILES string of the molecule is CCc1ccc(C(NC)c2cccc3cnccc23)o1. The predicted molar refractivity (Wildman–Crippen MR) is 80.7 cm³/mol. The second-order valence-electron chi connectivity index (χ2n) is 4.82. The number of furan rings is 1. The Hall–Kier alpha value is -2.13. The van der Waals surface area contributed by atoms with Crippen LogP contribution >= 0.6 is 0 Å². The van der Waals surface area contributed by atoms with Crippen molar-refractivity contribution in [1.29, 1.82) is 0 Å². The van der Waals surface area contributed by atoms with Crippen molar-refractivity contribution in [3.8, 4) is 0 Å². The van der Waals surface area contributed by atoms with Gasteiger partial charge < -0.3 is 9.73 Å². The zero-order valence-electron chi connectivity index (χ0n) is 11.8. The van der Waals surface area contributed by atoms with E-state index < -0.39 is 0 Å². The molecule has 2 aromatic heterocycles. The van der Waals surface area contributed by atoms with Crippen LogP contribution in [0.3, 0.4) is 0 Å². The van der Waals surface area contributed by atoms with Gasteiger partial charge in [0.25, 0.3) is 0 Å². The van der Waals surface area contributed by atoms with E-state index in [0.29, 0.717) is 0 Å². The summed E-state index contributed by atoms with van der Waals surface area (Å²) in [4.78, 5) is 4.19. The van der Waals surface area contributed by atoms with Gasteiger partial charge in [-0.05, 0) is 36.2 Å². The van der Waals surface area contributed by atoms with E-state index in [-0.39, 0.29) is 6.04 Å². The average molecular weight is 266 g/mol. The number of hydrogen-bond acceptors (Lipinski definition) is 3. The van der Waals surface area contributed by atoms with Crippen molar-refractivity contribution < 1.29 is 4.42 Å². The van der Waals surface area contributed by atoms with Crippen LogP contribution in [0.5, 0.6) is 0 Å².